The Bertz CT molecular complexity index is 1060. The molecule has 0 aliphatic carbocycles. The molecule has 0 spiro atoms. The second-order valence-corrected chi connectivity index (χ2v) is 7.43. The standard InChI is InChI=1S/C20H16F3N3OS/c1-11-2-3-14(9-15(11)20(21,22)23)18(27)26-19-25-17(10-28-19)12-4-5-16-13(8-12)6-7-24-16/h2-5,8-10,24H,6-7H2,1H3,(H,25,26,27). The fourth-order valence-electron chi connectivity index (χ4n) is 3.17. The minimum atomic E-state index is -4.50. The number of halogens is 3. The Morgan fingerprint density at radius 3 is 2.82 bits per heavy atom. The summed E-state index contributed by atoms with van der Waals surface area (Å²) in [4.78, 5) is 16.8. The van der Waals surface area contributed by atoms with E-state index in [1.807, 2.05) is 17.5 Å². The molecule has 4 nitrogen and oxygen atoms in total. The molecule has 3 aromatic rings. The zero-order chi connectivity index (χ0) is 19.9. The average Bonchev–Trinajstić information content (AvgIpc) is 3.29. The number of carbonyl (C=O) groups excluding carboxylic acids is 1. The van der Waals surface area contributed by atoms with E-state index >= 15 is 0 Å². The molecule has 0 saturated heterocycles. The second kappa shape index (κ2) is 6.94. The van der Waals surface area contributed by atoms with Crippen LogP contribution in [0.5, 0.6) is 0 Å². The lowest BCUT2D eigenvalue weighted by Crippen LogP contribution is -2.14. The number of nitrogens with zero attached hydrogens (tertiary/aromatic N) is 1. The summed E-state index contributed by atoms with van der Waals surface area (Å²) >= 11 is 1.23. The molecule has 0 unspecified atom stereocenters. The van der Waals surface area contributed by atoms with Gasteiger partial charge in [0.1, 0.15) is 0 Å². The van der Waals surface area contributed by atoms with E-state index < -0.39 is 17.6 Å². The van der Waals surface area contributed by atoms with Gasteiger partial charge in [0.15, 0.2) is 5.13 Å². The van der Waals surface area contributed by atoms with E-state index in [1.165, 1.54) is 36.0 Å². The number of anilines is 2. The number of nitrogens with one attached hydrogen (secondary N) is 2. The summed E-state index contributed by atoms with van der Waals surface area (Å²) in [5.74, 6) is -0.621. The number of aryl methyl sites for hydroxylation is 1. The first kappa shape index (κ1) is 18.5. The Morgan fingerprint density at radius 1 is 1.21 bits per heavy atom. The molecule has 0 radical (unpaired) electrons. The molecule has 4 rings (SSSR count). The first-order valence-corrected chi connectivity index (χ1v) is 9.51. The van der Waals surface area contributed by atoms with Crippen molar-refractivity contribution in [1.82, 2.24) is 4.98 Å². The Labute approximate surface area is 163 Å². The quantitative estimate of drug-likeness (QED) is 0.619. The van der Waals surface area contributed by atoms with Gasteiger partial charge < -0.3 is 5.32 Å². The van der Waals surface area contributed by atoms with Crippen LogP contribution in [0.3, 0.4) is 0 Å². The maximum atomic E-state index is 13.1. The summed E-state index contributed by atoms with van der Waals surface area (Å²) in [6.07, 6.45) is -3.55. The first-order chi connectivity index (χ1) is 13.3. The van der Waals surface area contributed by atoms with Crippen LogP contribution in [0.25, 0.3) is 11.3 Å². The molecule has 1 aromatic heterocycles. The van der Waals surface area contributed by atoms with Crippen LogP contribution in [-0.4, -0.2) is 17.4 Å². The number of rotatable bonds is 3. The van der Waals surface area contributed by atoms with Crippen molar-refractivity contribution in [2.24, 2.45) is 0 Å². The summed E-state index contributed by atoms with van der Waals surface area (Å²) in [5, 5.41) is 8.04. The van der Waals surface area contributed by atoms with Crippen molar-refractivity contribution in [2.45, 2.75) is 19.5 Å². The van der Waals surface area contributed by atoms with Crippen molar-refractivity contribution < 1.29 is 18.0 Å². The van der Waals surface area contributed by atoms with Crippen LogP contribution in [0.1, 0.15) is 27.0 Å². The van der Waals surface area contributed by atoms with Gasteiger partial charge in [0.05, 0.1) is 11.3 Å². The smallest absolute Gasteiger partial charge is 0.384 e. The van der Waals surface area contributed by atoms with E-state index in [1.54, 1.807) is 0 Å². The summed E-state index contributed by atoms with van der Waals surface area (Å²) in [6, 6.07) is 9.55. The highest BCUT2D eigenvalue weighted by Gasteiger charge is 2.33. The summed E-state index contributed by atoms with van der Waals surface area (Å²) in [6.45, 7) is 2.28. The minimum Gasteiger partial charge on any atom is -0.384 e. The van der Waals surface area contributed by atoms with Crippen LogP contribution in [0.4, 0.5) is 24.0 Å². The minimum absolute atomic E-state index is 0.0571. The Hall–Kier alpha value is -2.87. The third kappa shape index (κ3) is 3.60. The molecule has 1 aliphatic heterocycles. The maximum absolute atomic E-state index is 13.1. The van der Waals surface area contributed by atoms with Crippen LogP contribution in [0.2, 0.25) is 0 Å². The number of amides is 1. The van der Waals surface area contributed by atoms with Crippen molar-refractivity contribution in [2.75, 3.05) is 17.2 Å². The van der Waals surface area contributed by atoms with Gasteiger partial charge in [-0.1, -0.05) is 12.1 Å². The number of fused-ring (bicyclic) bond motifs is 1. The largest absolute Gasteiger partial charge is 0.416 e. The number of hydrogen-bond donors (Lipinski definition) is 2. The van der Waals surface area contributed by atoms with E-state index in [0.717, 1.165) is 36.0 Å². The van der Waals surface area contributed by atoms with E-state index in [0.29, 0.717) is 5.13 Å². The van der Waals surface area contributed by atoms with Crippen molar-refractivity contribution in [1.29, 1.82) is 0 Å². The van der Waals surface area contributed by atoms with Crippen molar-refractivity contribution >= 4 is 28.1 Å². The predicted octanol–water partition coefficient (Wildman–Crippen LogP) is 5.36. The molecule has 144 valence electrons. The Kier molecular flexibility index (Phi) is 4.58. The first-order valence-electron chi connectivity index (χ1n) is 8.63. The summed E-state index contributed by atoms with van der Waals surface area (Å²) in [7, 11) is 0. The van der Waals surface area contributed by atoms with Crippen molar-refractivity contribution in [3.8, 4) is 11.3 Å². The highest BCUT2D eigenvalue weighted by atomic mass is 32.1. The molecule has 2 heterocycles. The van der Waals surface area contributed by atoms with Gasteiger partial charge in [0.2, 0.25) is 0 Å². The van der Waals surface area contributed by atoms with Gasteiger partial charge in [-0.2, -0.15) is 13.2 Å². The van der Waals surface area contributed by atoms with Crippen molar-refractivity contribution in [3.05, 3.63) is 64.0 Å². The topological polar surface area (TPSA) is 54.0 Å². The van der Waals surface area contributed by atoms with Gasteiger partial charge in [0, 0.05) is 28.7 Å². The second-order valence-electron chi connectivity index (χ2n) is 6.57. The molecule has 0 atom stereocenters. The third-order valence-electron chi connectivity index (χ3n) is 4.64. The molecule has 0 bridgehead atoms. The SMILES string of the molecule is Cc1ccc(C(=O)Nc2nc(-c3ccc4c(c3)CCN4)cs2)cc1C(F)(F)F. The number of thiazole rings is 1. The van der Waals surface area contributed by atoms with Gasteiger partial charge in [-0.15, -0.1) is 11.3 Å². The lowest BCUT2D eigenvalue weighted by molar-refractivity contribution is -0.138. The number of hydrogen-bond acceptors (Lipinski definition) is 4. The number of alkyl halides is 3. The number of benzene rings is 2. The van der Waals surface area contributed by atoms with E-state index in [2.05, 4.69) is 21.7 Å². The zero-order valence-electron chi connectivity index (χ0n) is 14.9. The van der Waals surface area contributed by atoms with Crippen molar-refractivity contribution in [3.63, 3.8) is 0 Å². The summed E-state index contributed by atoms with van der Waals surface area (Å²) in [5.41, 5.74) is 3.20. The molecule has 0 saturated carbocycles. The van der Waals surface area contributed by atoms with Crippen LogP contribution in [0, 0.1) is 6.92 Å². The normalized spacial score (nSPS) is 13.1. The van der Waals surface area contributed by atoms with Crippen LogP contribution in [-0.2, 0) is 12.6 Å². The Balaban J connectivity index is 1.54. The van der Waals surface area contributed by atoms with Crippen LogP contribution in [0.15, 0.2) is 41.8 Å². The number of carbonyl (C=O) groups is 1. The van der Waals surface area contributed by atoms with Gasteiger partial charge in [-0.05, 0) is 48.7 Å². The van der Waals surface area contributed by atoms with Gasteiger partial charge in [-0.3, -0.25) is 10.1 Å². The molecule has 2 aromatic carbocycles. The van der Waals surface area contributed by atoms with Gasteiger partial charge in [0.25, 0.3) is 5.91 Å². The summed E-state index contributed by atoms with van der Waals surface area (Å²) < 4.78 is 39.2. The molecule has 8 heteroatoms. The Morgan fingerprint density at radius 2 is 2.04 bits per heavy atom. The molecule has 1 amide bonds. The lowest BCUT2D eigenvalue weighted by Gasteiger charge is -2.11. The maximum Gasteiger partial charge on any atom is 0.416 e. The fraction of sp³-hybridized carbons (Fsp3) is 0.200. The molecular formula is C20H16F3N3OS. The number of aromatic nitrogens is 1. The predicted molar refractivity (Wildman–Crippen MR) is 104 cm³/mol. The molecule has 2 N–H and O–H groups in total. The zero-order valence-corrected chi connectivity index (χ0v) is 15.7. The molecular weight excluding hydrogens is 387 g/mol. The third-order valence-corrected chi connectivity index (χ3v) is 5.40. The van der Waals surface area contributed by atoms with E-state index in [9.17, 15) is 18.0 Å². The highest BCUT2D eigenvalue weighted by molar-refractivity contribution is 7.14. The highest BCUT2D eigenvalue weighted by Crippen LogP contribution is 2.33. The van der Waals surface area contributed by atoms with E-state index in [-0.39, 0.29) is 11.1 Å². The monoisotopic (exact) mass is 403 g/mol. The van der Waals surface area contributed by atoms with Gasteiger partial charge >= 0.3 is 6.18 Å². The van der Waals surface area contributed by atoms with Crippen LogP contribution < -0.4 is 10.6 Å². The average molecular weight is 403 g/mol. The van der Waals surface area contributed by atoms with Crippen LogP contribution >= 0.6 is 11.3 Å². The molecule has 0 fully saturated rings. The molecule has 1 aliphatic rings. The van der Waals surface area contributed by atoms with Gasteiger partial charge in [-0.25, -0.2) is 4.98 Å². The molecule has 28 heavy (non-hydrogen) atoms. The fourth-order valence-corrected chi connectivity index (χ4v) is 3.88. The van der Waals surface area contributed by atoms with E-state index in [4.69, 9.17) is 0 Å². The lowest BCUT2D eigenvalue weighted by atomic mass is 10.0.